The number of ether oxygens (including phenoxy) is 2. The zero-order chi connectivity index (χ0) is 37.0. The topological polar surface area (TPSA) is 131 Å². The monoisotopic (exact) mass is 716 g/mol. The number of nitrogens with zero attached hydrogens (tertiary/aromatic N) is 2. The highest BCUT2D eigenvalue weighted by atomic mass is 32.2. The zero-order valence-corrected chi connectivity index (χ0v) is 31.7. The second kappa shape index (κ2) is 18.6. The van der Waals surface area contributed by atoms with Crippen LogP contribution in [-0.4, -0.2) is 93.7 Å². The Bertz CT molecular complexity index is 1450. The first-order chi connectivity index (χ1) is 22.9. The highest BCUT2D eigenvalue weighted by Gasteiger charge is 2.43. The number of aliphatic hydroxyl groups is 1. The standard InChI is InChI=1S/C18H23NO3S.C10H17NO3.C8H8OS.CH4O/c1-17(2,3)22-16(21)19-10-8-18(9-11-19)12-14(20)13-6-4-5-7-15(13)23-18;1-10(2,3)14-9(13)11-6-4-8(12)5-7-11;1-6(9)7-4-2-3-5-8(7)10;1-2/h4-7H,8-12H2,1-3H3;4-7H2,1-3H3;2-5,10H,1H3;2H,1H3. The molecule has 1 spiro atoms. The fraction of sp³-hybridized carbons (Fsp3) is 0.541. The van der Waals surface area contributed by atoms with E-state index in [0.717, 1.165) is 35.3 Å². The first kappa shape index (κ1) is 41.8. The molecule has 2 aromatic rings. The van der Waals surface area contributed by atoms with Crippen LogP contribution in [0.25, 0.3) is 0 Å². The van der Waals surface area contributed by atoms with E-state index in [9.17, 15) is 24.0 Å². The molecule has 2 saturated heterocycles. The Hall–Kier alpha value is -3.35. The van der Waals surface area contributed by atoms with Crippen LogP contribution < -0.4 is 0 Å². The van der Waals surface area contributed by atoms with Crippen molar-refractivity contribution in [1.29, 1.82) is 0 Å². The molecular formula is C37H52N2O8S2. The van der Waals surface area contributed by atoms with Gasteiger partial charge in [0.05, 0.1) is 0 Å². The van der Waals surface area contributed by atoms with Gasteiger partial charge in [-0.15, -0.1) is 24.4 Å². The van der Waals surface area contributed by atoms with Crippen LogP contribution >= 0.6 is 24.4 Å². The average Bonchev–Trinajstić information content (AvgIpc) is 3.02. The first-order valence-corrected chi connectivity index (χ1v) is 17.7. The lowest BCUT2D eigenvalue weighted by molar-refractivity contribution is -0.121. The molecule has 3 aliphatic rings. The first-order valence-electron chi connectivity index (χ1n) is 16.4. The van der Waals surface area contributed by atoms with E-state index in [-0.39, 0.29) is 34.3 Å². The van der Waals surface area contributed by atoms with E-state index < -0.39 is 11.2 Å². The highest BCUT2D eigenvalue weighted by molar-refractivity contribution is 8.01. The molecule has 0 atom stereocenters. The molecule has 1 N–H and O–H groups in total. The molecule has 3 aliphatic heterocycles. The summed E-state index contributed by atoms with van der Waals surface area (Å²) in [6.07, 6.45) is 2.58. The molecule has 0 aliphatic carbocycles. The minimum atomic E-state index is -0.472. The van der Waals surface area contributed by atoms with Crippen molar-refractivity contribution in [3.63, 3.8) is 0 Å². The van der Waals surface area contributed by atoms with E-state index in [1.807, 2.05) is 89.7 Å². The molecule has 0 unspecified atom stereocenters. The number of carbonyl (C=O) groups excluding carboxylic acids is 5. The van der Waals surface area contributed by atoms with Gasteiger partial charge in [0.25, 0.3) is 0 Å². The normalized spacial score (nSPS) is 16.8. The van der Waals surface area contributed by atoms with Gasteiger partial charge in [-0.1, -0.05) is 36.4 Å². The maximum atomic E-state index is 12.4. The second-order valence-corrected chi connectivity index (χ2v) is 15.9. The van der Waals surface area contributed by atoms with Crippen molar-refractivity contribution in [1.82, 2.24) is 9.80 Å². The van der Waals surface area contributed by atoms with Crippen molar-refractivity contribution in [2.45, 2.75) is 106 Å². The number of hydrogen-bond acceptors (Lipinski definition) is 10. The number of thioether (sulfide) groups is 1. The smallest absolute Gasteiger partial charge is 0.410 e. The predicted molar refractivity (Wildman–Crippen MR) is 195 cm³/mol. The number of fused-ring (bicyclic) bond motifs is 1. The number of amides is 2. The molecule has 270 valence electrons. The van der Waals surface area contributed by atoms with Crippen molar-refractivity contribution < 1.29 is 38.6 Å². The maximum absolute atomic E-state index is 12.4. The number of ketones is 3. The van der Waals surface area contributed by atoms with Gasteiger partial charge in [-0.25, -0.2) is 9.59 Å². The highest BCUT2D eigenvalue weighted by Crippen LogP contribution is 2.48. The molecule has 0 radical (unpaired) electrons. The molecule has 0 saturated carbocycles. The van der Waals surface area contributed by atoms with Crippen LogP contribution in [0.1, 0.15) is 101 Å². The summed E-state index contributed by atoms with van der Waals surface area (Å²) < 4.78 is 10.6. The summed E-state index contributed by atoms with van der Waals surface area (Å²) >= 11 is 5.93. The zero-order valence-electron chi connectivity index (χ0n) is 30.0. The third-order valence-electron chi connectivity index (χ3n) is 7.58. The van der Waals surface area contributed by atoms with Gasteiger partial charge < -0.3 is 24.4 Å². The number of likely N-dealkylation sites (tertiary alicyclic amines) is 2. The number of piperidine rings is 2. The largest absolute Gasteiger partial charge is 0.444 e. The molecule has 2 fully saturated rings. The number of carbonyl (C=O) groups is 5. The van der Waals surface area contributed by atoms with Crippen molar-refractivity contribution in [2.75, 3.05) is 33.3 Å². The van der Waals surface area contributed by atoms with Crippen molar-refractivity contribution in [3.05, 3.63) is 59.7 Å². The molecule has 2 aromatic carbocycles. The summed E-state index contributed by atoms with van der Waals surface area (Å²) in [7, 11) is 1.00. The summed E-state index contributed by atoms with van der Waals surface area (Å²) in [4.78, 5) is 63.1. The number of rotatable bonds is 1. The Kier molecular flexibility index (Phi) is 15.9. The van der Waals surface area contributed by atoms with Gasteiger partial charge in [0, 0.05) is 78.2 Å². The van der Waals surface area contributed by atoms with Crippen LogP contribution in [0.5, 0.6) is 0 Å². The van der Waals surface area contributed by atoms with Crippen LogP contribution in [0, 0.1) is 0 Å². The average molecular weight is 717 g/mol. The molecular weight excluding hydrogens is 665 g/mol. The summed E-state index contributed by atoms with van der Waals surface area (Å²) in [6.45, 7) is 15.0. The second-order valence-electron chi connectivity index (χ2n) is 13.9. The van der Waals surface area contributed by atoms with Gasteiger partial charge in [0.1, 0.15) is 17.0 Å². The van der Waals surface area contributed by atoms with Crippen LogP contribution in [0.3, 0.4) is 0 Å². The van der Waals surface area contributed by atoms with E-state index in [1.54, 1.807) is 21.9 Å². The van der Waals surface area contributed by atoms with E-state index in [4.69, 9.17) is 14.6 Å². The van der Waals surface area contributed by atoms with E-state index in [0.29, 0.717) is 51.0 Å². The minimum Gasteiger partial charge on any atom is -0.444 e. The Morgan fingerprint density at radius 1 is 0.776 bits per heavy atom. The maximum Gasteiger partial charge on any atom is 0.410 e. The van der Waals surface area contributed by atoms with Gasteiger partial charge in [0.15, 0.2) is 11.6 Å². The Morgan fingerprint density at radius 2 is 1.24 bits per heavy atom. The van der Waals surface area contributed by atoms with Crippen LogP contribution in [0.15, 0.2) is 58.3 Å². The van der Waals surface area contributed by atoms with E-state index >= 15 is 0 Å². The minimum absolute atomic E-state index is 0.0607. The van der Waals surface area contributed by atoms with Gasteiger partial charge in [0.2, 0.25) is 0 Å². The number of hydrogen-bond donors (Lipinski definition) is 2. The lowest BCUT2D eigenvalue weighted by Gasteiger charge is -2.43. The van der Waals surface area contributed by atoms with Crippen molar-refractivity contribution in [2.24, 2.45) is 0 Å². The van der Waals surface area contributed by atoms with Crippen LogP contribution in [-0.2, 0) is 14.3 Å². The number of benzene rings is 2. The lowest BCUT2D eigenvalue weighted by atomic mass is 9.88. The molecule has 5 rings (SSSR count). The fourth-order valence-electron chi connectivity index (χ4n) is 5.18. The number of thiol groups is 1. The van der Waals surface area contributed by atoms with E-state index in [1.165, 1.54) is 6.92 Å². The summed E-state index contributed by atoms with van der Waals surface area (Å²) in [5, 5.41) is 7.00. The quantitative estimate of drug-likeness (QED) is 0.228. The van der Waals surface area contributed by atoms with Gasteiger partial charge in [-0.3, -0.25) is 14.4 Å². The van der Waals surface area contributed by atoms with Gasteiger partial charge in [-0.2, -0.15) is 0 Å². The van der Waals surface area contributed by atoms with Gasteiger partial charge >= 0.3 is 12.2 Å². The van der Waals surface area contributed by atoms with Crippen molar-refractivity contribution in [3.8, 4) is 0 Å². The predicted octanol–water partition coefficient (Wildman–Crippen LogP) is 7.51. The Balaban J connectivity index is 0.000000273. The fourth-order valence-corrected chi connectivity index (χ4v) is 6.99. The third kappa shape index (κ3) is 13.8. The molecule has 0 bridgehead atoms. The van der Waals surface area contributed by atoms with Gasteiger partial charge in [-0.05, 0) is 73.4 Å². The SMILES string of the molecule is CC(=O)c1ccccc1S.CC(C)(C)OC(=O)N1CCC(=O)CC1.CC(C)(C)OC(=O)N1CCC2(CC1)CC(=O)c1ccccc1S2.CO. The van der Waals surface area contributed by atoms with Crippen LogP contribution in [0.4, 0.5) is 9.59 Å². The molecule has 3 heterocycles. The third-order valence-corrected chi connectivity index (χ3v) is 9.53. The molecule has 49 heavy (non-hydrogen) atoms. The summed E-state index contributed by atoms with van der Waals surface area (Å²) in [6, 6.07) is 15.1. The van der Waals surface area contributed by atoms with Crippen LogP contribution in [0.2, 0.25) is 0 Å². The molecule has 0 aromatic heterocycles. The number of Topliss-reactive ketones (excluding diaryl/α,β-unsaturated/α-hetero) is 3. The molecule has 10 nitrogen and oxygen atoms in total. The number of aliphatic hydroxyl groups excluding tert-OH is 1. The molecule has 12 heteroatoms. The summed E-state index contributed by atoms with van der Waals surface area (Å²) in [5.74, 6) is 0.514. The molecule has 2 amide bonds. The van der Waals surface area contributed by atoms with Crippen molar-refractivity contribution >= 4 is 53.9 Å². The van der Waals surface area contributed by atoms with E-state index in [2.05, 4.69) is 12.6 Å². The Morgan fingerprint density at radius 3 is 1.71 bits per heavy atom. The summed E-state index contributed by atoms with van der Waals surface area (Å²) in [5.41, 5.74) is 0.600. The lowest BCUT2D eigenvalue weighted by Crippen LogP contribution is -2.48. The Labute approximate surface area is 300 Å².